The van der Waals surface area contributed by atoms with Crippen LogP contribution in [0, 0.1) is 3.57 Å². The van der Waals surface area contributed by atoms with E-state index in [1.807, 2.05) is 18.2 Å². The average molecular weight is 333 g/mol. The molecule has 15 heavy (non-hydrogen) atoms. The normalized spacial score (nSPS) is 10.3. The number of rotatable bonds is 2. The van der Waals surface area contributed by atoms with Gasteiger partial charge in [-0.15, -0.1) is 10.2 Å². The van der Waals surface area contributed by atoms with Gasteiger partial charge in [0, 0.05) is 5.56 Å². The molecule has 6 heteroatoms. The molecule has 0 atom stereocenters. The van der Waals surface area contributed by atoms with Crippen LogP contribution in [0.5, 0.6) is 5.75 Å². The predicted molar refractivity (Wildman–Crippen MR) is 69.0 cm³/mol. The van der Waals surface area contributed by atoms with E-state index in [1.54, 1.807) is 7.11 Å². The van der Waals surface area contributed by atoms with Gasteiger partial charge in [0.15, 0.2) is 0 Å². The zero-order valence-corrected chi connectivity index (χ0v) is 10.9. The lowest BCUT2D eigenvalue weighted by atomic mass is 10.2. The number of hydrogen-bond acceptors (Lipinski definition) is 5. The summed E-state index contributed by atoms with van der Waals surface area (Å²) in [5.74, 6) is 0.858. The van der Waals surface area contributed by atoms with Crippen molar-refractivity contribution < 1.29 is 4.74 Å². The van der Waals surface area contributed by atoms with Crippen LogP contribution >= 0.6 is 33.9 Å². The molecule has 78 valence electrons. The summed E-state index contributed by atoms with van der Waals surface area (Å²) in [7, 11) is 1.65. The average Bonchev–Trinajstić information content (AvgIpc) is 2.65. The quantitative estimate of drug-likeness (QED) is 0.858. The molecule has 0 saturated heterocycles. The lowest BCUT2D eigenvalue weighted by Crippen LogP contribution is -1.87. The number of nitrogen functional groups attached to an aromatic ring is 1. The highest BCUT2D eigenvalue weighted by Crippen LogP contribution is 2.29. The highest BCUT2D eigenvalue weighted by Gasteiger charge is 2.07. The van der Waals surface area contributed by atoms with Gasteiger partial charge in [0.2, 0.25) is 5.13 Å². The topological polar surface area (TPSA) is 61.0 Å². The minimum atomic E-state index is 0.482. The molecule has 0 radical (unpaired) electrons. The number of benzene rings is 1. The molecule has 0 saturated carbocycles. The van der Waals surface area contributed by atoms with E-state index in [4.69, 9.17) is 10.5 Å². The minimum Gasteiger partial charge on any atom is -0.496 e. The molecule has 0 aliphatic rings. The first-order valence-electron chi connectivity index (χ1n) is 4.13. The summed E-state index contributed by atoms with van der Waals surface area (Å²) in [6, 6.07) is 5.86. The molecule has 0 spiro atoms. The van der Waals surface area contributed by atoms with Gasteiger partial charge in [-0.25, -0.2) is 0 Å². The van der Waals surface area contributed by atoms with Crippen molar-refractivity contribution in [3.05, 3.63) is 21.8 Å². The van der Waals surface area contributed by atoms with Crippen LogP contribution in [0.3, 0.4) is 0 Å². The van der Waals surface area contributed by atoms with Crippen molar-refractivity contribution in [1.29, 1.82) is 0 Å². The van der Waals surface area contributed by atoms with Gasteiger partial charge in [-0.3, -0.25) is 0 Å². The Balaban J connectivity index is 2.42. The van der Waals surface area contributed by atoms with Crippen molar-refractivity contribution in [2.75, 3.05) is 12.8 Å². The number of hydrogen-bond donors (Lipinski definition) is 1. The Labute approximate surface area is 105 Å². The van der Waals surface area contributed by atoms with Crippen molar-refractivity contribution in [2.24, 2.45) is 0 Å². The monoisotopic (exact) mass is 333 g/mol. The number of aromatic nitrogens is 2. The Bertz CT molecular complexity index is 486. The number of halogens is 1. The van der Waals surface area contributed by atoms with Gasteiger partial charge in [-0.2, -0.15) is 0 Å². The third-order valence-corrected chi connectivity index (χ3v) is 3.48. The van der Waals surface area contributed by atoms with Gasteiger partial charge in [-0.05, 0) is 40.8 Å². The van der Waals surface area contributed by atoms with Crippen molar-refractivity contribution >= 4 is 39.1 Å². The lowest BCUT2D eigenvalue weighted by molar-refractivity contribution is 0.412. The number of anilines is 1. The van der Waals surface area contributed by atoms with Crippen LogP contribution in [0.15, 0.2) is 18.2 Å². The highest BCUT2D eigenvalue weighted by atomic mass is 127. The number of nitrogens with two attached hydrogens (primary N) is 1. The Morgan fingerprint density at radius 1 is 1.40 bits per heavy atom. The van der Waals surface area contributed by atoms with Gasteiger partial charge >= 0.3 is 0 Å². The van der Waals surface area contributed by atoms with Crippen molar-refractivity contribution in [3.63, 3.8) is 0 Å². The van der Waals surface area contributed by atoms with E-state index in [0.29, 0.717) is 5.13 Å². The fourth-order valence-corrected chi connectivity index (χ4v) is 2.49. The van der Waals surface area contributed by atoms with Crippen molar-refractivity contribution in [3.8, 4) is 16.3 Å². The van der Waals surface area contributed by atoms with Crippen LogP contribution < -0.4 is 10.5 Å². The number of methoxy groups -OCH3 is 1. The van der Waals surface area contributed by atoms with Gasteiger partial charge in [0.25, 0.3) is 0 Å². The Morgan fingerprint density at radius 2 is 2.20 bits per heavy atom. The van der Waals surface area contributed by atoms with E-state index in [2.05, 4.69) is 32.8 Å². The van der Waals surface area contributed by atoms with E-state index in [9.17, 15) is 0 Å². The molecule has 0 fully saturated rings. The molecule has 2 aromatic rings. The molecule has 0 aliphatic heterocycles. The first-order valence-corrected chi connectivity index (χ1v) is 6.03. The Morgan fingerprint density at radius 3 is 2.73 bits per heavy atom. The molecule has 0 bridgehead atoms. The molecule has 2 rings (SSSR count). The van der Waals surface area contributed by atoms with Gasteiger partial charge in [0.05, 0.1) is 10.7 Å². The predicted octanol–water partition coefficient (Wildman–Crippen LogP) is 2.40. The van der Waals surface area contributed by atoms with Crippen LogP contribution in [0.2, 0.25) is 0 Å². The fourth-order valence-electron chi connectivity index (χ4n) is 1.15. The van der Waals surface area contributed by atoms with E-state index in [0.717, 1.165) is 19.9 Å². The smallest absolute Gasteiger partial charge is 0.203 e. The summed E-state index contributed by atoms with van der Waals surface area (Å²) in [6.45, 7) is 0. The van der Waals surface area contributed by atoms with Gasteiger partial charge in [0.1, 0.15) is 10.8 Å². The molecule has 4 nitrogen and oxygen atoms in total. The second-order valence-corrected chi connectivity index (χ2v) is 4.97. The second kappa shape index (κ2) is 4.31. The van der Waals surface area contributed by atoms with E-state index in [1.165, 1.54) is 11.3 Å². The van der Waals surface area contributed by atoms with Crippen molar-refractivity contribution in [1.82, 2.24) is 10.2 Å². The van der Waals surface area contributed by atoms with E-state index in [-0.39, 0.29) is 0 Å². The maximum atomic E-state index is 5.53. The van der Waals surface area contributed by atoms with Crippen LogP contribution in [0.4, 0.5) is 5.13 Å². The Hall–Kier alpha value is -0.890. The van der Waals surface area contributed by atoms with Crippen LogP contribution in [0.25, 0.3) is 10.6 Å². The third kappa shape index (κ3) is 2.20. The first-order chi connectivity index (χ1) is 7.20. The van der Waals surface area contributed by atoms with E-state index >= 15 is 0 Å². The second-order valence-electron chi connectivity index (χ2n) is 2.79. The van der Waals surface area contributed by atoms with Crippen LogP contribution in [-0.4, -0.2) is 17.3 Å². The summed E-state index contributed by atoms with van der Waals surface area (Å²) in [4.78, 5) is 0. The molecule has 1 aromatic heterocycles. The fraction of sp³-hybridized carbons (Fsp3) is 0.111. The maximum absolute atomic E-state index is 5.53. The molecule has 0 unspecified atom stereocenters. The highest BCUT2D eigenvalue weighted by molar-refractivity contribution is 14.1. The standard InChI is InChI=1S/C9H8IN3OS/c1-14-7-3-2-5(4-6(7)10)8-12-13-9(11)15-8/h2-4H,1H3,(H2,11,13). The zero-order valence-electron chi connectivity index (χ0n) is 7.90. The van der Waals surface area contributed by atoms with Crippen molar-refractivity contribution in [2.45, 2.75) is 0 Å². The molecular weight excluding hydrogens is 325 g/mol. The number of ether oxygens (including phenoxy) is 1. The van der Waals surface area contributed by atoms with Crippen LogP contribution in [-0.2, 0) is 0 Å². The maximum Gasteiger partial charge on any atom is 0.203 e. The molecular formula is C9H8IN3OS. The summed E-state index contributed by atoms with van der Waals surface area (Å²) in [5, 5.41) is 9.07. The SMILES string of the molecule is COc1ccc(-c2nnc(N)s2)cc1I. The number of nitrogens with zero attached hydrogens (tertiary/aromatic N) is 2. The molecule has 1 heterocycles. The molecule has 0 aliphatic carbocycles. The summed E-state index contributed by atoms with van der Waals surface area (Å²) in [5.41, 5.74) is 6.54. The third-order valence-electron chi connectivity index (χ3n) is 1.84. The van der Waals surface area contributed by atoms with Gasteiger partial charge < -0.3 is 10.5 Å². The zero-order chi connectivity index (χ0) is 10.8. The largest absolute Gasteiger partial charge is 0.496 e. The lowest BCUT2D eigenvalue weighted by Gasteiger charge is -2.03. The van der Waals surface area contributed by atoms with E-state index < -0.39 is 0 Å². The molecule has 1 aromatic carbocycles. The van der Waals surface area contributed by atoms with Crippen LogP contribution in [0.1, 0.15) is 0 Å². The van der Waals surface area contributed by atoms with Gasteiger partial charge in [-0.1, -0.05) is 11.3 Å². The summed E-state index contributed by atoms with van der Waals surface area (Å²) in [6.07, 6.45) is 0. The minimum absolute atomic E-state index is 0.482. The molecule has 2 N–H and O–H groups in total. The summed E-state index contributed by atoms with van der Waals surface area (Å²) >= 11 is 3.59. The first kappa shape index (κ1) is 10.6. The summed E-state index contributed by atoms with van der Waals surface area (Å²) < 4.78 is 6.22. The Kier molecular flexibility index (Phi) is 3.06. The molecule has 0 amide bonds.